The van der Waals surface area contributed by atoms with Gasteiger partial charge in [0.2, 0.25) is 10.0 Å². The number of benzene rings is 1. The molecule has 0 aromatic heterocycles. The lowest BCUT2D eigenvalue weighted by Crippen LogP contribution is -2.48. The molecule has 0 atom stereocenters. The average molecular weight is 378 g/mol. The van der Waals surface area contributed by atoms with Crippen LogP contribution < -0.4 is 20.5 Å². The molecule has 0 unspecified atom stereocenters. The van der Waals surface area contributed by atoms with Gasteiger partial charge < -0.3 is 15.8 Å². The highest BCUT2D eigenvalue weighted by atomic mass is 79.9. The van der Waals surface area contributed by atoms with E-state index in [1.54, 1.807) is 13.8 Å². The number of hydrogen-bond acceptors (Lipinski definition) is 5. The predicted molar refractivity (Wildman–Crippen MR) is 81.7 cm³/mol. The van der Waals surface area contributed by atoms with Crippen molar-refractivity contribution in [2.24, 2.45) is 5.73 Å². The average Bonchev–Trinajstić information content (AvgIpc) is 2.36. The Morgan fingerprint density at radius 2 is 2.14 bits per heavy atom. The minimum atomic E-state index is -3.78. The molecule has 0 radical (unpaired) electrons. The van der Waals surface area contributed by atoms with Gasteiger partial charge in [-0.3, -0.25) is 4.79 Å². The van der Waals surface area contributed by atoms with Gasteiger partial charge in [0.15, 0.2) is 6.61 Å². The zero-order valence-corrected chi connectivity index (χ0v) is 14.0. The summed E-state index contributed by atoms with van der Waals surface area (Å²) in [4.78, 5) is 11.3. The molecule has 9 heteroatoms. The van der Waals surface area contributed by atoms with Crippen LogP contribution in [0.5, 0.6) is 5.75 Å². The lowest BCUT2D eigenvalue weighted by atomic mass is 10.1. The van der Waals surface area contributed by atoms with Crippen molar-refractivity contribution in [3.8, 4) is 5.75 Å². The summed E-state index contributed by atoms with van der Waals surface area (Å²) in [5, 5.41) is 2.61. The van der Waals surface area contributed by atoms with E-state index in [2.05, 4.69) is 26.0 Å². The van der Waals surface area contributed by atoms with Gasteiger partial charge in [0.25, 0.3) is 5.91 Å². The summed E-state index contributed by atoms with van der Waals surface area (Å²) in [6, 6.07) is 2.87. The summed E-state index contributed by atoms with van der Waals surface area (Å²) in [5.74, 6) is 0.0242. The van der Waals surface area contributed by atoms with E-state index >= 15 is 0 Å². The highest BCUT2D eigenvalue weighted by Gasteiger charge is 2.29. The SMILES string of the molecule is CC(C)(CN)NS(=O)(=O)c1cc2c(cc1Br)NC(=O)CO2. The summed E-state index contributed by atoms with van der Waals surface area (Å²) in [7, 11) is -3.78. The maximum Gasteiger partial charge on any atom is 0.262 e. The number of hydrogen-bond donors (Lipinski definition) is 3. The molecule has 1 heterocycles. The van der Waals surface area contributed by atoms with Crippen LogP contribution in [0.3, 0.4) is 0 Å². The second-order valence-corrected chi connectivity index (χ2v) is 7.81. The predicted octanol–water partition coefficient (Wildman–Crippen LogP) is 0.796. The van der Waals surface area contributed by atoms with Gasteiger partial charge in [-0.2, -0.15) is 0 Å². The molecule has 1 amide bonds. The van der Waals surface area contributed by atoms with E-state index in [4.69, 9.17) is 10.5 Å². The quantitative estimate of drug-likeness (QED) is 0.718. The molecule has 4 N–H and O–H groups in total. The van der Waals surface area contributed by atoms with Crippen LogP contribution in [0.1, 0.15) is 13.8 Å². The van der Waals surface area contributed by atoms with E-state index in [0.717, 1.165) is 0 Å². The largest absolute Gasteiger partial charge is 0.482 e. The summed E-state index contributed by atoms with van der Waals surface area (Å²) < 4.78 is 33.0. The third-order valence-electron chi connectivity index (χ3n) is 2.88. The molecule has 0 spiro atoms. The lowest BCUT2D eigenvalue weighted by molar-refractivity contribution is -0.118. The Kier molecular flexibility index (Phi) is 4.29. The number of carbonyl (C=O) groups excluding carboxylic acids is 1. The molecule has 7 nitrogen and oxygen atoms in total. The van der Waals surface area contributed by atoms with Gasteiger partial charge in [-0.05, 0) is 35.8 Å². The maximum absolute atomic E-state index is 12.4. The van der Waals surface area contributed by atoms with Crippen molar-refractivity contribution in [3.05, 3.63) is 16.6 Å². The number of anilines is 1. The van der Waals surface area contributed by atoms with Crippen molar-refractivity contribution in [1.82, 2.24) is 4.72 Å². The Balaban J connectivity index is 2.43. The van der Waals surface area contributed by atoms with Crippen molar-refractivity contribution in [3.63, 3.8) is 0 Å². The smallest absolute Gasteiger partial charge is 0.262 e. The van der Waals surface area contributed by atoms with Gasteiger partial charge in [0.05, 0.1) is 5.69 Å². The van der Waals surface area contributed by atoms with E-state index in [1.165, 1.54) is 12.1 Å². The molecule has 116 valence electrons. The second kappa shape index (κ2) is 5.56. The Labute approximate surface area is 131 Å². The Morgan fingerprint density at radius 1 is 1.48 bits per heavy atom. The van der Waals surface area contributed by atoms with Gasteiger partial charge in [-0.15, -0.1) is 0 Å². The van der Waals surface area contributed by atoms with Crippen LogP contribution in [0, 0.1) is 0 Å². The van der Waals surface area contributed by atoms with Crippen molar-refractivity contribution in [2.75, 3.05) is 18.5 Å². The first-order valence-electron chi connectivity index (χ1n) is 6.15. The number of amides is 1. The van der Waals surface area contributed by atoms with Crippen LogP contribution in [-0.2, 0) is 14.8 Å². The third-order valence-corrected chi connectivity index (χ3v) is 5.53. The molecule has 1 aromatic carbocycles. The van der Waals surface area contributed by atoms with Crippen LogP contribution in [0.15, 0.2) is 21.5 Å². The minimum Gasteiger partial charge on any atom is -0.482 e. The summed E-state index contributed by atoms with van der Waals surface area (Å²) in [6.45, 7) is 3.39. The molecular weight excluding hydrogens is 362 g/mol. The molecule has 0 aliphatic carbocycles. The molecule has 21 heavy (non-hydrogen) atoms. The fourth-order valence-electron chi connectivity index (χ4n) is 1.75. The topological polar surface area (TPSA) is 111 Å². The molecule has 1 aromatic rings. The minimum absolute atomic E-state index is 0.0268. The number of sulfonamides is 1. The Hall–Kier alpha value is -1.16. The molecule has 0 saturated heterocycles. The summed E-state index contributed by atoms with van der Waals surface area (Å²) >= 11 is 3.20. The standard InChI is InChI=1S/C12H16BrN3O4S/c1-12(2,6-14)16-21(18,19)10-4-9-8(3-7(10)13)15-11(17)5-20-9/h3-4,16H,5-6,14H2,1-2H3,(H,15,17). The van der Waals surface area contributed by atoms with E-state index < -0.39 is 15.6 Å². The molecule has 1 aliphatic heterocycles. The van der Waals surface area contributed by atoms with Crippen LogP contribution in [0.2, 0.25) is 0 Å². The monoisotopic (exact) mass is 377 g/mol. The number of halogens is 1. The van der Waals surface area contributed by atoms with E-state index in [1.807, 2.05) is 0 Å². The van der Waals surface area contributed by atoms with Crippen LogP contribution in [-0.4, -0.2) is 33.0 Å². The number of ether oxygens (including phenoxy) is 1. The Morgan fingerprint density at radius 3 is 2.76 bits per heavy atom. The van der Waals surface area contributed by atoms with Crippen molar-refractivity contribution in [2.45, 2.75) is 24.3 Å². The van der Waals surface area contributed by atoms with E-state index in [0.29, 0.717) is 15.9 Å². The fraction of sp³-hybridized carbons (Fsp3) is 0.417. The summed E-state index contributed by atoms with van der Waals surface area (Å²) in [5.41, 5.74) is 5.20. The zero-order valence-electron chi connectivity index (χ0n) is 11.6. The van der Waals surface area contributed by atoms with Gasteiger partial charge in [-0.25, -0.2) is 13.1 Å². The number of rotatable bonds is 4. The van der Waals surface area contributed by atoms with E-state index in [-0.39, 0.29) is 24.0 Å². The molecule has 2 rings (SSSR count). The number of nitrogens with one attached hydrogen (secondary N) is 2. The number of nitrogens with two attached hydrogens (primary N) is 1. The van der Waals surface area contributed by atoms with Gasteiger partial charge in [-0.1, -0.05) is 0 Å². The highest BCUT2D eigenvalue weighted by molar-refractivity contribution is 9.10. The van der Waals surface area contributed by atoms with Gasteiger partial charge in [0.1, 0.15) is 10.6 Å². The van der Waals surface area contributed by atoms with Crippen LogP contribution >= 0.6 is 15.9 Å². The lowest BCUT2D eigenvalue weighted by Gasteiger charge is -2.25. The van der Waals surface area contributed by atoms with E-state index in [9.17, 15) is 13.2 Å². The maximum atomic E-state index is 12.4. The molecule has 1 aliphatic rings. The van der Waals surface area contributed by atoms with Crippen molar-refractivity contribution in [1.29, 1.82) is 0 Å². The summed E-state index contributed by atoms with van der Waals surface area (Å²) in [6.07, 6.45) is 0. The first kappa shape index (κ1) is 16.2. The highest BCUT2D eigenvalue weighted by Crippen LogP contribution is 2.36. The normalized spacial score (nSPS) is 15.1. The molecular formula is C12H16BrN3O4S. The fourth-order valence-corrected chi connectivity index (χ4v) is 4.23. The second-order valence-electron chi connectivity index (χ2n) is 5.31. The van der Waals surface area contributed by atoms with Crippen molar-refractivity contribution >= 4 is 37.5 Å². The van der Waals surface area contributed by atoms with Gasteiger partial charge in [0, 0.05) is 22.6 Å². The number of fused-ring (bicyclic) bond motifs is 1. The first-order valence-corrected chi connectivity index (χ1v) is 8.42. The Bertz CT molecular complexity index is 688. The molecule has 0 fully saturated rings. The van der Waals surface area contributed by atoms with Crippen LogP contribution in [0.25, 0.3) is 0 Å². The van der Waals surface area contributed by atoms with Crippen LogP contribution in [0.4, 0.5) is 5.69 Å². The van der Waals surface area contributed by atoms with Gasteiger partial charge >= 0.3 is 0 Å². The third kappa shape index (κ3) is 3.54. The number of carbonyl (C=O) groups is 1. The molecule has 0 saturated carbocycles. The first-order chi connectivity index (χ1) is 9.64. The molecule has 0 bridgehead atoms. The zero-order chi connectivity index (χ0) is 15.8. The van der Waals surface area contributed by atoms with Crippen molar-refractivity contribution < 1.29 is 17.9 Å².